The normalized spacial score (nSPS) is 12.8. The Kier molecular flexibility index (Phi) is 50.4. The van der Waals surface area contributed by atoms with E-state index in [0.29, 0.717) is 19.4 Å². The Bertz CT molecular complexity index is 1110. The highest BCUT2D eigenvalue weighted by molar-refractivity contribution is 5.70. The lowest BCUT2D eigenvalue weighted by Gasteiger charge is -2.18. The van der Waals surface area contributed by atoms with Crippen molar-refractivity contribution in [2.24, 2.45) is 0 Å². The van der Waals surface area contributed by atoms with Crippen molar-refractivity contribution in [1.82, 2.24) is 0 Å². The second-order valence-electron chi connectivity index (χ2n) is 17.4. The monoisotopic (exact) mass is 865 g/mol. The van der Waals surface area contributed by atoms with Crippen LogP contribution in [0.3, 0.4) is 0 Å². The van der Waals surface area contributed by atoms with Gasteiger partial charge in [-0.05, 0) is 89.9 Å². The van der Waals surface area contributed by atoms with Crippen LogP contribution in [0, 0.1) is 0 Å². The van der Waals surface area contributed by atoms with Crippen molar-refractivity contribution in [3.05, 3.63) is 72.9 Å². The third kappa shape index (κ3) is 50.0. The van der Waals surface area contributed by atoms with Crippen LogP contribution in [0.4, 0.5) is 0 Å². The maximum Gasteiger partial charge on any atom is 0.306 e. The first kappa shape index (κ1) is 59.3. The van der Waals surface area contributed by atoms with E-state index in [0.717, 1.165) is 89.9 Å². The fraction of sp³-hybridized carbons (Fsp3) is 0.754. The van der Waals surface area contributed by atoms with Crippen LogP contribution < -0.4 is 0 Å². The van der Waals surface area contributed by atoms with E-state index in [1.54, 1.807) is 0 Å². The Morgan fingerprint density at radius 1 is 0.371 bits per heavy atom. The summed E-state index contributed by atoms with van der Waals surface area (Å²) >= 11 is 0. The zero-order valence-electron chi connectivity index (χ0n) is 41.1. The molecular formula is C57H100O5. The molecule has 1 unspecified atom stereocenters. The predicted molar refractivity (Wildman–Crippen MR) is 270 cm³/mol. The SMILES string of the molecule is CC/C=C\C/C=C\C/C=C\C/C=C\CCCCCCC(=O)OC(COCCCCCCCCCCCC)COC(=O)CCCCCCCCCCC/C=C\C/C=C\CCCCC. The molecule has 0 aromatic carbocycles. The van der Waals surface area contributed by atoms with E-state index < -0.39 is 6.10 Å². The lowest BCUT2D eigenvalue weighted by atomic mass is 10.1. The minimum atomic E-state index is -0.550. The van der Waals surface area contributed by atoms with Gasteiger partial charge in [-0.3, -0.25) is 9.59 Å². The summed E-state index contributed by atoms with van der Waals surface area (Å²) in [6.07, 6.45) is 67.6. The maximum absolute atomic E-state index is 12.8. The molecule has 0 spiro atoms. The highest BCUT2D eigenvalue weighted by Gasteiger charge is 2.17. The lowest BCUT2D eigenvalue weighted by Crippen LogP contribution is -2.30. The van der Waals surface area contributed by atoms with Crippen LogP contribution in [-0.2, 0) is 23.8 Å². The summed E-state index contributed by atoms with van der Waals surface area (Å²) in [5.41, 5.74) is 0. The summed E-state index contributed by atoms with van der Waals surface area (Å²) in [7, 11) is 0. The standard InChI is InChI=1S/C57H100O5/c1-4-7-10-13-16-19-22-24-26-28-29-31-32-34-36-38-41-44-47-50-56(58)61-54-55(53-60-52-49-46-43-40-21-18-15-12-9-6-3)62-57(59)51-48-45-42-39-37-35-33-30-27-25-23-20-17-14-11-8-5-2/h8,11,16-17,19-20,24-27,33,35,55H,4-7,9-10,12-15,18,21-23,28-32,34,36-54H2,1-3H3/b11-8-,19-16-,20-17-,26-24-,27-25-,35-33-. The van der Waals surface area contributed by atoms with Gasteiger partial charge in [-0.1, -0.05) is 222 Å². The molecule has 0 aromatic rings. The Balaban J connectivity index is 4.25. The van der Waals surface area contributed by atoms with Crippen molar-refractivity contribution >= 4 is 11.9 Å². The number of allylic oxidation sites excluding steroid dienone is 12. The van der Waals surface area contributed by atoms with Crippen LogP contribution >= 0.6 is 0 Å². The number of unbranched alkanes of at least 4 members (excludes halogenated alkanes) is 25. The molecule has 5 nitrogen and oxygen atoms in total. The van der Waals surface area contributed by atoms with E-state index in [4.69, 9.17) is 14.2 Å². The summed E-state index contributed by atoms with van der Waals surface area (Å²) in [6.45, 7) is 7.67. The minimum Gasteiger partial charge on any atom is -0.462 e. The van der Waals surface area contributed by atoms with Gasteiger partial charge >= 0.3 is 11.9 Å². The third-order valence-electron chi connectivity index (χ3n) is 11.2. The molecule has 0 amide bonds. The average Bonchev–Trinajstić information content (AvgIpc) is 3.27. The van der Waals surface area contributed by atoms with Gasteiger partial charge in [0.25, 0.3) is 0 Å². The first-order valence-corrected chi connectivity index (χ1v) is 26.5. The van der Waals surface area contributed by atoms with Crippen LogP contribution in [0.1, 0.15) is 252 Å². The number of carbonyl (C=O) groups excluding carboxylic acids is 2. The van der Waals surface area contributed by atoms with Gasteiger partial charge in [-0.25, -0.2) is 0 Å². The molecule has 0 aliphatic rings. The molecule has 0 N–H and O–H groups in total. The summed E-state index contributed by atoms with van der Waals surface area (Å²) in [5.74, 6) is -0.424. The second kappa shape index (κ2) is 52.7. The first-order valence-electron chi connectivity index (χ1n) is 26.5. The molecule has 5 heteroatoms. The average molecular weight is 865 g/mol. The van der Waals surface area contributed by atoms with Crippen molar-refractivity contribution in [3.63, 3.8) is 0 Å². The molecule has 0 heterocycles. The molecule has 358 valence electrons. The van der Waals surface area contributed by atoms with Crippen molar-refractivity contribution in [1.29, 1.82) is 0 Å². The van der Waals surface area contributed by atoms with Gasteiger partial charge in [0.05, 0.1) is 6.61 Å². The summed E-state index contributed by atoms with van der Waals surface area (Å²) in [4.78, 5) is 25.4. The van der Waals surface area contributed by atoms with E-state index in [-0.39, 0.29) is 25.2 Å². The number of hydrogen-bond acceptors (Lipinski definition) is 5. The van der Waals surface area contributed by atoms with E-state index in [2.05, 4.69) is 93.7 Å². The summed E-state index contributed by atoms with van der Waals surface area (Å²) in [6, 6.07) is 0. The minimum absolute atomic E-state index is 0.0729. The molecule has 62 heavy (non-hydrogen) atoms. The number of hydrogen-bond donors (Lipinski definition) is 0. The molecular weight excluding hydrogens is 765 g/mol. The van der Waals surface area contributed by atoms with Crippen LogP contribution in [0.2, 0.25) is 0 Å². The van der Waals surface area contributed by atoms with E-state index in [9.17, 15) is 9.59 Å². The molecule has 0 saturated heterocycles. The molecule has 0 radical (unpaired) electrons. The fourth-order valence-electron chi connectivity index (χ4n) is 7.30. The Hall–Kier alpha value is -2.66. The molecule has 0 aliphatic heterocycles. The van der Waals surface area contributed by atoms with E-state index >= 15 is 0 Å². The smallest absolute Gasteiger partial charge is 0.306 e. The Labute approximate surface area is 385 Å². The first-order chi connectivity index (χ1) is 30.6. The maximum atomic E-state index is 12.8. The van der Waals surface area contributed by atoms with Crippen LogP contribution in [0.25, 0.3) is 0 Å². The van der Waals surface area contributed by atoms with Gasteiger partial charge in [0.1, 0.15) is 6.61 Å². The van der Waals surface area contributed by atoms with Gasteiger partial charge < -0.3 is 14.2 Å². The second-order valence-corrected chi connectivity index (χ2v) is 17.4. The molecule has 0 fully saturated rings. The van der Waals surface area contributed by atoms with Gasteiger partial charge in [-0.15, -0.1) is 0 Å². The molecule has 0 rings (SSSR count). The quantitative estimate of drug-likeness (QED) is 0.0346. The number of ether oxygens (including phenoxy) is 3. The summed E-state index contributed by atoms with van der Waals surface area (Å²) in [5, 5.41) is 0. The number of rotatable bonds is 48. The topological polar surface area (TPSA) is 61.8 Å². The van der Waals surface area contributed by atoms with Crippen LogP contribution in [0.15, 0.2) is 72.9 Å². The van der Waals surface area contributed by atoms with Crippen LogP contribution in [-0.4, -0.2) is 37.9 Å². The largest absolute Gasteiger partial charge is 0.462 e. The summed E-state index contributed by atoms with van der Waals surface area (Å²) < 4.78 is 17.4. The molecule has 0 bridgehead atoms. The van der Waals surface area contributed by atoms with E-state index in [1.165, 1.54) is 128 Å². The zero-order valence-corrected chi connectivity index (χ0v) is 41.1. The molecule has 0 saturated carbocycles. The predicted octanol–water partition coefficient (Wildman–Crippen LogP) is 17.9. The van der Waals surface area contributed by atoms with Gasteiger partial charge in [-0.2, -0.15) is 0 Å². The van der Waals surface area contributed by atoms with Gasteiger partial charge in [0.2, 0.25) is 0 Å². The molecule has 0 aromatic heterocycles. The van der Waals surface area contributed by atoms with Crippen molar-refractivity contribution in [2.75, 3.05) is 19.8 Å². The lowest BCUT2D eigenvalue weighted by molar-refractivity contribution is -0.163. The highest BCUT2D eigenvalue weighted by Crippen LogP contribution is 2.14. The van der Waals surface area contributed by atoms with E-state index in [1.807, 2.05) is 0 Å². The molecule has 1 atom stereocenters. The fourth-order valence-corrected chi connectivity index (χ4v) is 7.30. The zero-order chi connectivity index (χ0) is 44.9. The van der Waals surface area contributed by atoms with Crippen molar-refractivity contribution in [2.45, 2.75) is 258 Å². The Morgan fingerprint density at radius 2 is 0.726 bits per heavy atom. The Morgan fingerprint density at radius 3 is 1.19 bits per heavy atom. The van der Waals surface area contributed by atoms with Gasteiger partial charge in [0, 0.05) is 19.4 Å². The highest BCUT2D eigenvalue weighted by atomic mass is 16.6. The third-order valence-corrected chi connectivity index (χ3v) is 11.2. The molecule has 0 aliphatic carbocycles. The number of carbonyl (C=O) groups is 2. The van der Waals surface area contributed by atoms with Gasteiger partial charge in [0.15, 0.2) is 6.10 Å². The van der Waals surface area contributed by atoms with Crippen LogP contribution in [0.5, 0.6) is 0 Å². The van der Waals surface area contributed by atoms with Crippen molar-refractivity contribution in [3.8, 4) is 0 Å². The number of esters is 2. The van der Waals surface area contributed by atoms with Crippen molar-refractivity contribution < 1.29 is 23.8 Å².